The first-order chi connectivity index (χ1) is 16.5. The largest absolute Gasteiger partial charge is 0.485 e. The molecule has 0 radical (unpaired) electrons. The van der Waals surface area contributed by atoms with Gasteiger partial charge in [-0.1, -0.05) is 54.1 Å². The summed E-state index contributed by atoms with van der Waals surface area (Å²) in [6.45, 7) is 4.11. The lowest BCUT2D eigenvalue weighted by atomic mass is 10.2. The van der Waals surface area contributed by atoms with E-state index in [2.05, 4.69) is 5.10 Å². The van der Waals surface area contributed by atoms with Gasteiger partial charge in [0.05, 0.1) is 17.8 Å². The van der Waals surface area contributed by atoms with Crippen molar-refractivity contribution in [3.63, 3.8) is 0 Å². The highest BCUT2D eigenvalue weighted by atomic mass is 35.5. The molecule has 176 valence electrons. The lowest BCUT2D eigenvalue weighted by molar-refractivity contribution is -0.142. The summed E-state index contributed by atoms with van der Waals surface area (Å²) in [5, 5.41) is 4.82. The van der Waals surface area contributed by atoms with E-state index in [1.54, 1.807) is 27.5 Å². The number of para-hydroxylation sites is 2. The maximum atomic E-state index is 13.3. The molecule has 2 aliphatic heterocycles. The van der Waals surface area contributed by atoms with Crippen LogP contribution < -0.4 is 9.47 Å². The Balaban J connectivity index is 1.21. The summed E-state index contributed by atoms with van der Waals surface area (Å²) >= 11 is 6.57. The Bertz CT molecular complexity index is 1200. The number of carbonyl (C=O) groups is 2. The molecular weight excluding hydrogens is 456 g/mol. The van der Waals surface area contributed by atoms with Crippen LogP contribution in [0.1, 0.15) is 21.6 Å². The van der Waals surface area contributed by atoms with E-state index in [4.69, 9.17) is 21.1 Å². The molecule has 0 unspecified atom stereocenters. The van der Waals surface area contributed by atoms with Crippen LogP contribution in [0.2, 0.25) is 5.15 Å². The lowest BCUT2D eigenvalue weighted by Crippen LogP contribution is -2.55. The predicted octanol–water partition coefficient (Wildman–Crippen LogP) is 3.02. The van der Waals surface area contributed by atoms with Gasteiger partial charge < -0.3 is 19.3 Å². The quantitative estimate of drug-likeness (QED) is 0.573. The van der Waals surface area contributed by atoms with Crippen LogP contribution in [0.5, 0.6) is 11.5 Å². The minimum atomic E-state index is -0.690. The lowest BCUT2D eigenvalue weighted by Gasteiger charge is -2.37. The number of nitrogens with zero attached hydrogens (tertiary/aromatic N) is 4. The second-order valence-corrected chi connectivity index (χ2v) is 8.73. The molecule has 9 heteroatoms. The maximum absolute atomic E-state index is 13.3. The number of benzene rings is 2. The van der Waals surface area contributed by atoms with Crippen LogP contribution in [-0.2, 0) is 11.3 Å². The monoisotopic (exact) mass is 480 g/mol. The molecule has 1 aromatic heterocycles. The normalized spacial score (nSPS) is 17.5. The average Bonchev–Trinajstić information content (AvgIpc) is 3.15. The van der Waals surface area contributed by atoms with E-state index in [9.17, 15) is 9.59 Å². The molecule has 1 atom stereocenters. The summed E-state index contributed by atoms with van der Waals surface area (Å²) in [5.41, 5.74) is 2.06. The Kier molecular flexibility index (Phi) is 6.15. The first-order valence-corrected chi connectivity index (χ1v) is 11.6. The van der Waals surface area contributed by atoms with Crippen molar-refractivity contribution >= 4 is 23.4 Å². The van der Waals surface area contributed by atoms with E-state index in [0.717, 1.165) is 5.56 Å². The molecule has 2 amide bonds. The third-order valence-electron chi connectivity index (χ3n) is 6.12. The molecule has 0 N–H and O–H groups in total. The van der Waals surface area contributed by atoms with Crippen LogP contribution in [-0.4, -0.2) is 70.3 Å². The smallest absolute Gasteiger partial charge is 0.267 e. The SMILES string of the molecule is Cc1nn(Cc2ccccc2)c(Cl)c1C(=O)N1CCN(C(=O)[C@H]2COc3ccccc3O2)CC1. The average molecular weight is 481 g/mol. The molecule has 0 saturated carbocycles. The topological polar surface area (TPSA) is 76.9 Å². The van der Waals surface area contributed by atoms with Crippen molar-refractivity contribution in [3.8, 4) is 11.5 Å². The number of amides is 2. The highest BCUT2D eigenvalue weighted by Gasteiger charge is 2.34. The highest BCUT2D eigenvalue weighted by Crippen LogP contribution is 2.31. The van der Waals surface area contributed by atoms with Crippen LogP contribution in [0.25, 0.3) is 0 Å². The van der Waals surface area contributed by atoms with E-state index in [0.29, 0.717) is 60.6 Å². The Morgan fingerprint density at radius 2 is 1.62 bits per heavy atom. The van der Waals surface area contributed by atoms with Gasteiger partial charge in [0.25, 0.3) is 11.8 Å². The summed E-state index contributed by atoms with van der Waals surface area (Å²) in [5.74, 6) is 0.909. The van der Waals surface area contributed by atoms with Gasteiger partial charge in [-0.15, -0.1) is 0 Å². The van der Waals surface area contributed by atoms with Crippen LogP contribution in [0.15, 0.2) is 54.6 Å². The zero-order valence-electron chi connectivity index (χ0n) is 18.8. The van der Waals surface area contributed by atoms with Gasteiger partial charge in [0, 0.05) is 26.2 Å². The fourth-order valence-corrected chi connectivity index (χ4v) is 4.61. The minimum Gasteiger partial charge on any atom is -0.485 e. The van der Waals surface area contributed by atoms with E-state index in [-0.39, 0.29) is 18.4 Å². The molecule has 1 fully saturated rings. The number of aryl methyl sites for hydroxylation is 1. The fourth-order valence-electron chi connectivity index (χ4n) is 4.29. The van der Waals surface area contributed by atoms with Gasteiger partial charge in [-0.2, -0.15) is 5.10 Å². The van der Waals surface area contributed by atoms with Crippen molar-refractivity contribution in [2.75, 3.05) is 32.8 Å². The minimum absolute atomic E-state index is 0.133. The molecule has 0 bridgehead atoms. The van der Waals surface area contributed by atoms with E-state index in [1.165, 1.54) is 0 Å². The number of aromatic nitrogens is 2. The Labute approximate surface area is 202 Å². The maximum Gasteiger partial charge on any atom is 0.267 e. The van der Waals surface area contributed by atoms with E-state index >= 15 is 0 Å². The molecule has 34 heavy (non-hydrogen) atoms. The summed E-state index contributed by atoms with van der Waals surface area (Å²) in [6, 6.07) is 17.1. The van der Waals surface area contributed by atoms with E-state index < -0.39 is 6.10 Å². The number of piperazine rings is 1. The van der Waals surface area contributed by atoms with Crippen LogP contribution in [0.4, 0.5) is 0 Å². The van der Waals surface area contributed by atoms with Crippen molar-refractivity contribution in [1.82, 2.24) is 19.6 Å². The summed E-state index contributed by atoms with van der Waals surface area (Å²) in [7, 11) is 0. The Morgan fingerprint density at radius 3 is 2.35 bits per heavy atom. The molecular formula is C25H25ClN4O4. The molecule has 1 saturated heterocycles. The zero-order valence-corrected chi connectivity index (χ0v) is 19.6. The molecule has 3 heterocycles. The zero-order chi connectivity index (χ0) is 23.7. The Hall–Kier alpha value is -3.52. The second kappa shape index (κ2) is 9.38. The third-order valence-corrected chi connectivity index (χ3v) is 6.50. The molecule has 5 rings (SSSR count). The molecule has 2 aliphatic rings. The number of carbonyl (C=O) groups excluding carboxylic acids is 2. The van der Waals surface area contributed by atoms with Crippen molar-refractivity contribution in [1.29, 1.82) is 0 Å². The van der Waals surface area contributed by atoms with Gasteiger partial charge in [-0.05, 0) is 24.6 Å². The van der Waals surface area contributed by atoms with Gasteiger partial charge in [0.1, 0.15) is 11.8 Å². The van der Waals surface area contributed by atoms with Crippen molar-refractivity contribution in [2.45, 2.75) is 19.6 Å². The summed E-state index contributed by atoms with van der Waals surface area (Å²) in [4.78, 5) is 29.7. The first-order valence-electron chi connectivity index (χ1n) is 11.2. The van der Waals surface area contributed by atoms with Crippen molar-refractivity contribution in [2.24, 2.45) is 0 Å². The number of fused-ring (bicyclic) bond motifs is 1. The van der Waals surface area contributed by atoms with Gasteiger partial charge in [0.2, 0.25) is 6.10 Å². The Morgan fingerprint density at radius 1 is 0.971 bits per heavy atom. The molecule has 3 aromatic rings. The van der Waals surface area contributed by atoms with Crippen molar-refractivity contribution in [3.05, 3.63) is 76.6 Å². The number of halogens is 1. The summed E-state index contributed by atoms with van der Waals surface area (Å²) < 4.78 is 13.2. The molecule has 0 aliphatic carbocycles. The highest BCUT2D eigenvalue weighted by molar-refractivity contribution is 6.33. The number of rotatable bonds is 4. The third kappa shape index (κ3) is 4.33. The predicted molar refractivity (Wildman–Crippen MR) is 126 cm³/mol. The molecule has 2 aromatic carbocycles. The van der Waals surface area contributed by atoms with Crippen LogP contribution in [0.3, 0.4) is 0 Å². The number of hydrogen-bond donors (Lipinski definition) is 0. The van der Waals surface area contributed by atoms with Gasteiger partial charge in [-0.3, -0.25) is 9.59 Å². The number of hydrogen-bond acceptors (Lipinski definition) is 5. The van der Waals surface area contributed by atoms with Crippen molar-refractivity contribution < 1.29 is 19.1 Å². The standard InChI is InChI=1S/C25H25ClN4O4/c1-17-22(23(26)30(27-17)15-18-7-3-2-4-8-18)25(32)29-13-11-28(12-14-29)24(31)21-16-33-19-9-5-6-10-20(19)34-21/h2-10,21H,11-16H2,1H3/t21-/m1/s1. The van der Waals surface area contributed by atoms with E-state index in [1.807, 2.05) is 48.5 Å². The van der Waals surface area contributed by atoms with Crippen LogP contribution >= 0.6 is 11.6 Å². The van der Waals surface area contributed by atoms with Gasteiger partial charge >= 0.3 is 0 Å². The second-order valence-electron chi connectivity index (χ2n) is 8.38. The van der Waals surface area contributed by atoms with Gasteiger partial charge in [0.15, 0.2) is 11.5 Å². The number of ether oxygens (including phenoxy) is 2. The van der Waals surface area contributed by atoms with Crippen LogP contribution in [0, 0.1) is 6.92 Å². The summed E-state index contributed by atoms with van der Waals surface area (Å²) in [6.07, 6.45) is -0.690. The van der Waals surface area contributed by atoms with Gasteiger partial charge in [-0.25, -0.2) is 4.68 Å². The first kappa shape index (κ1) is 22.3. The fraction of sp³-hybridized carbons (Fsp3) is 0.320. The molecule has 0 spiro atoms. The molecule has 8 nitrogen and oxygen atoms in total.